The van der Waals surface area contributed by atoms with E-state index >= 15 is 0 Å². The molecule has 112 valence electrons. The van der Waals surface area contributed by atoms with Crippen LogP contribution in [0.5, 0.6) is 0 Å². The van der Waals surface area contributed by atoms with E-state index in [4.69, 9.17) is 10.2 Å². The molecule has 0 radical (unpaired) electrons. The highest BCUT2D eigenvalue weighted by molar-refractivity contribution is 7.91. The molecule has 1 rings (SSSR count). The summed E-state index contributed by atoms with van der Waals surface area (Å²) in [5, 5.41) is 17.2. The van der Waals surface area contributed by atoms with Crippen LogP contribution in [0.15, 0.2) is 29.2 Å². The molecule has 0 atom stereocenters. The highest BCUT2D eigenvalue weighted by atomic mass is 32.2. The van der Waals surface area contributed by atoms with E-state index in [1.165, 1.54) is 12.1 Å². The van der Waals surface area contributed by atoms with Crippen molar-refractivity contribution in [2.24, 2.45) is 0 Å². The van der Waals surface area contributed by atoms with E-state index in [-0.39, 0.29) is 23.7 Å². The van der Waals surface area contributed by atoms with Crippen molar-refractivity contribution in [3.8, 4) is 0 Å². The fourth-order valence-electron chi connectivity index (χ4n) is 1.81. The van der Waals surface area contributed by atoms with Crippen LogP contribution in [0, 0.1) is 0 Å². The quantitative estimate of drug-likeness (QED) is 0.676. The summed E-state index contributed by atoms with van der Waals surface area (Å²) in [4.78, 5) is 10.7. The Labute approximate surface area is 119 Å². The topological polar surface area (TPSA) is 91.7 Å². The predicted molar refractivity (Wildman–Crippen MR) is 75.4 cm³/mol. The molecule has 0 fully saturated rings. The average Bonchev–Trinajstić information content (AvgIpc) is 2.42. The summed E-state index contributed by atoms with van der Waals surface area (Å²) >= 11 is 0. The van der Waals surface area contributed by atoms with Crippen LogP contribution in [-0.4, -0.2) is 37.0 Å². The summed E-state index contributed by atoms with van der Waals surface area (Å²) in [6.07, 6.45) is 2.26. The van der Waals surface area contributed by atoms with Crippen molar-refractivity contribution in [2.75, 3.05) is 12.4 Å². The van der Waals surface area contributed by atoms with Crippen molar-refractivity contribution in [3.63, 3.8) is 0 Å². The first-order valence-electron chi connectivity index (χ1n) is 6.60. The highest BCUT2D eigenvalue weighted by Gasteiger charge is 2.13. The lowest BCUT2D eigenvalue weighted by Gasteiger charge is -2.05. The first kappa shape index (κ1) is 16.7. The third kappa shape index (κ3) is 5.71. The van der Waals surface area contributed by atoms with Gasteiger partial charge in [0.15, 0.2) is 9.84 Å². The number of aliphatic carboxylic acids is 1. The van der Waals surface area contributed by atoms with Crippen molar-refractivity contribution in [1.29, 1.82) is 0 Å². The zero-order valence-electron chi connectivity index (χ0n) is 11.3. The van der Waals surface area contributed by atoms with Gasteiger partial charge in [-0.05, 0) is 37.0 Å². The van der Waals surface area contributed by atoms with Crippen molar-refractivity contribution < 1.29 is 23.4 Å². The van der Waals surface area contributed by atoms with Gasteiger partial charge in [-0.1, -0.05) is 18.6 Å². The molecule has 6 heteroatoms. The molecule has 0 saturated carbocycles. The van der Waals surface area contributed by atoms with Crippen LogP contribution in [0.2, 0.25) is 0 Å². The smallest absolute Gasteiger partial charge is 0.303 e. The molecule has 2 N–H and O–H groups in total. The van der Waals surface area contributed by atoms with Crippen molar-refractivity contribution in [1.82, 2.24) is 0 Å². The van der Waals surface area contributed by atoms with Gasteiger partial charge in [-0.2, -0.15) is 0 Å². The van der Waals surface area contributed by atoms with Gasteiger partial charge in [0.2, 0.25) is 0 Å². The summed E-state index contributed by atoms with van der Waals surface area (Å²) in [5.41, 5.74) is 0.812. The second kappa shape index (κ2) is 8.01. The van der Waals surface area contributed by atoms with Crippen LogP contribution in [0.3, 0.4) is 0 Å². The molecule has 0 aromatic heterocycles. The lowest BCUT2D eigenvalue weighted by atomic mass is 10.1. The van der Waals surface area contributed by atoms with Crippen LogP contribution >= 0.6 is 0 Å². The number of rotatable bonds is 9. The fourth-order valence-corrected chi connectivity index (χ4v) is 3.18. The summed E-state index contributed by atoms with van der Waals surface area (Å²) in [6.45, 7) is 0.0817. The maximum absolute atomic E-state index is 12.0. The summed E-state index contributed by atoms with van der Waals surface area (Å²) < 4.78 is 24.0. The average molecular weight is 300 g/mol. The van der Waals surface area contributed by atoms with E-state index in [9.17, 15) is 13.2 Å². The lowest BCUT2D eigenvalue weighted by Crippen LogP contribution is -2.07. The molecule has 0 saturated heterocycles. The van der Waals surface area contributed by atoms with Crippen molar-refractivity contribution in [2.45, 2.75) is 37.0 Å². The highest BCUT2D eigenvalue weighted by Crippen LogP contribution is 2.15. The largest absolute Gasteiger partial charge is 0.481 e. The van der Waals surface area contributed by atoms with Gasteiger partial charge in [0.1, 0.15) is 0 Å². The predicted octanol–water partition coefficient (Wildman–Crippen LogP) is 1.64. The first-order chi connectivity index (χ1) is 9.45. The number of carboxylic acid groups (broad SMARTS) is 1. The Kier molecular flexibility index (Phi) is 6.67. The number of carboxylic acids is 1. The number of unbranched alkanes of at least 4 members (excludes halogenated alkanes) is 2. The van der Waals surface area contributed by atoms with Gasteiger partial charge in [-0.15, -0.1) is 0 Å². The van der Waals surface area contributed by atoms with E-state index in [0.717, 1.165) is 5.56 Å². The third-order valence-corrected chi connectivity index (χ3v) is 4.80. The molecule has 0 bridgehead atoms. The Morgan fingerprint density at radius 3 is 2.25 bits per heavy atom. The second-order valence-corrected chi connectivity index (χ2v) is 6.75. The van der Waals surface area contributed by atoms with Crippen molar-refractivity contribution >= 4 is 15.8 Å². The molecule has 0 heterocycles. The first-order valence-corrected chi connectivity index (χ1v) is 8.25. The number of aryl methyl sites for hydroxylation is 1. The minimum Gasteiger partial charge on any atom is -0.481 e. The minimum absolute atomic E-state index is 0.0350. The van der Waals surface area contributed by atoms with Crippen LogP contribution < -0.4 is 0 Å². The number of sulfone groups is 1. The molecule has 0 spiro atoms. The molecular weight excluding hydrogens is 280 g/mol. The Bertz CT molecular complexity index is 519. The number of aliphatic hydroxyl groups is 1. The van der Waals surface area contributed by atoms with Crippen LogP contribution in [0.1, 0.15) is 31.2 Å². The Morgan fingerprint density at radius 1 is 1.05 bits per heavy atom. The van der Waals surface area contributed by atoms with E-state index in [0.29, 0.717) is 25.7 Å². The van der Waals surface area contributed by atoms with E-state index < -0.39 is 15.8 Å². The number of hydrogen-bond donors (Lipinski definition) is 2. The SMILES string of the molecule is O=C(O)CCc1ccc(S(=O)(=O)CCCCCO)cc1. The van der Waals surface area contributed by atoms with Gasteiger partial charge in [-0.3, -0.25) is 4.79 Å². The van der Waals surface area contributed by atoms with Gasteiger partial charge >= 0.3 is 5.97 Å². The molecule has 0 aliphatic heterocycles. The summed E-state index contributed by atoms with van der Waals surface area (Å²) in [5.74, 6) is -0.799. The Balaban J connectivity index is 2.60. The monoisotopic (exact) mass is 300 g/mol. The number of carbonyl (C=O) groups is 1. The molecule has 1 aromatic carbocycles. The Morgan fingerprint density at radius 2 is 1.70 bits per heavy atom. The van der Waals surface area contributed by atoms with Crippen LogP contribution in [-0.2, 0) is 21.1 Å². The van der Waals surface area contributed by atoms with Crippen LogP contribution in [0.25, 0.3) is 0 Å². The normalized spacial score (nSPS) is 11.4. The molecule has 0 aliphatic carbocycles. The van der Waals surface area contributed by atoms with Crippen molar-refractivity contribution in [3.05, 3.63) is 29.8 Å². The standard InChI is InChI=1S/C14H20O5S/c15-10-2-1-3-11-20(18,19)13-7-4-12(5-8-13)6-9-14(16)17/h4-5,7-8,15H,1-3,6,9-11H2,(H,16,17). The van der Waals surface area contributed by atoms with E-state index in [2.05, 4.69) is 0 Å². The zero-order valence-corrected chi connectivity index (χ0v) is 12.1. The van der Waals surface area contributed by atoms with Gasteiger partial charge in [-0.25, -0.2) is 8.42 Å². The maximum atomic E-state index is 12.0. The molecule has 20 heavy (non-hydrogen) atoms. The number of hydrogen-bond acceptors (Lipinski definition) is 4. The van der Waals surface area contributed by atoms with Crippen LogP contribution in [0.4, 0.5) is 0 Å². The lowest BCUT2D eigenvalue weighted by molar-refractivity contribution is -0.136. The van der Waals surface area contributed by atoms with E-state index in [1.807, 2.05) is 0 Å². The fraction of sp³-hybridized carbons (Fsp3) is 0.500. The summed E-state index contributed by atoms with van der Waals surface area (Å²) in [6, 6.07) is 6.37. The number of aliphatic hydroxyl groups excluding tert-OH is 1. The number of benzene rings is 1. The molecule has 0 amide bonds. The third-order valence-electron chi connectivity index (χ3n) is 2.98. The molecular formula is C14H20O5S. The van der Waals surface area contributed by atoms with Gasteiger partial charge in [0.05, 0.1) is 10.6 Å². The summed E-state index contributed by atoms with van der Waals surface area (Å²) in [7, 11) is -3.29. The van der Waals surface area contributed by atoms with E-state index in [1.54, 1.807) is 12.1 Å². The zero-order chi connectivity index (χ0) is 15.0. The molecule has 1 aromatic rings. The molecule has 5 nitrogen and oxygen atoms in total. The minimum atomic E-state index is -3.29. The maximum Gasteiger partial charge on any atom is 0.303 e. The van der Waals surface area contributed by atoms with Gasteiger partial charge < -0.3 is 10.2 Å². The van der Waals surface area contributed by atoms with Gasteiger partial charge in [0.25, 0.3) is 0 Å². The molecule has 0 aliphatic rings. The second-order valence-electron chi connectivity index (χ2n) is 4.64. The van der Waals surface area contributed by atoms with Gasteiger partial charge in [0, 0.05) is 13.0 Å². The molecule has 0 unspecified atom stereocenters. The Hall–Kier alpha value is -1.40.